The summed E-state index contributed by atoms with van der Waals surface area (Å²) in [4.78, 5) is 108. The third-order valence-electron chi connectivity index (χ3n) is 22.8. The fourth-order valence-electron chi connectivity index (χ4n) is 16.1. The van der Waals surface area contributed by atoms with Crippen LogP contribution in [-0.2, 0) is 79.1 Å². The molecule has 29 heteroatoms. The zero-order chi connectivity index (χ0) is 83.0. The summed E-state index contributed by atoms with van der Waals surface area (Å²) in [6.45, 7) is 3.67. The maximum atomic E-state index is 14.9. The summed E-state index contributed by atoms with van der Waals surface area (Å²) in [5.74, 6) is -6.55. The molecule has 25 nitrogen and oxygen atoms in total. The number of nitrogens with one attached hydrogen (secondary N) is 4. The van der Waals surface area contributed by atoms with Gasteiger partial charge >= 0.3 is 12.1 Å². The lowest BCUT2D eigenvalue weighted by Crippen LogP contribution is -2.46. The van der Waals surface area contributed by atoms with Crippen molar-refractivity contribution in [2.24, 2.45) is 39.7 Å². The van der Waals surface area contributed by atoms with Gasteiger partial charge in [-0.25, -0.2) is 30.8 Å². The molecule has 3 aliphatic carbocycles. The van der Waals surface area contributed by atoms with Crippen LogP contribution in [0.1, 0.15) is 78.1 Å². The molecule has 2 saturated heterocycles. The molecule has 608 valence electrons. The largest absolute Gasteiger partial charge is 0.489 e. The van der Waals surface area contributed by atoms with Crippen LogP contribution in [0.5, 0.6) is 17.2 Å². The number of aliphatic hydroxyl groups excluding tert-OH is 1. The van der Waals surface area contributed by atoms with Crippen LogP contribution < -0.4 is 41.7 Å². The number of likely N-dealkylation sites (tertiary alicyclic amines) is 2. The quantitative estimate of drug-likeness (QED) is 0.0146. The van der Waals surface area contributed by atoms with E-state index in [1.165, 1.54) is 17.0 Å². The number of rotatable bonds is 25. The first-order valence-corrected chi connectivity index (χ1v) is 38.6. The highest BCUT2D eigenvalue weighted by molar-refractivity contribution is 5.98. The number of fused-ring (bicyclic) bond motifs is 3. The van der Waals surface area contributed by atoms with Crippen LogP contribution >= 0.6 is 0 Å². The Balaban J connectivity index is 0.000000147. The minimum Gasteiger partial charge on any atom is -0.489 e. The molecule has 0 spiro atoms. The van der Waals surface area contributed by atoms with Gasteiger partial charge in [-0.15, -0.1) is 0 Å². The summed E-state index contributed by atoms with van der Waals surface area (Å²) in [5.41, 5.74) is 19.0. The van der Waals surface area contributed by atoms with Gasteiger partial charge in [-0.2, -0.15) is 13.2 Å². The number of para-hydroxylation sites is 3. The van der Waals surface area contributed by atoms with E-state index in [0.29, 0.717) is 55.2 Å². The van der Waals surface area contributed by atoms with Crippen molar-refractivity contribution >= 4 is 74.1 Å². The number of amides is 7. The average molecular weight is 1610 g/mol. The number of hydrogen-bond donors (Lipinski definition) is 9. The standard InChI is InChI=1S/C34H31F3N4O5.C28H31N3O5.C27H23FN4O4/c35-34(36,37)31(43)38-24-14-15-41(19-24)32(44)33(18-27(33)30(42)40-45)17-21-10-12-25(13-11-21)46-20-23-16-29(22-6-2-1-3-7-22)39-28-9-5-4-8-26(23)28;1-2-20-13-19(23-5-3-4-6-25(23)29-20)17-36-22-9-7-18(8-10-22)14-28(15-24(28)26(33)30-35)27(34)31-12-11-21(32)16-31;28-20-11-16(13-27(26(29)34)14-19(27)25(33)32-35)8-9-24(20)36-15-17-12-23(22-7-3-4-10-30-22)31-21-6-2-1-5-18(17)21/h1-13,16,24,27,45H,14-15,17-20H2,(H,38,43)(H,40,42);3-10,13,21,24,32,35H,2,11-12,14-17H2,1H3,(H,30,33);1-12,19,35H,13-15H2,(H2,29,34)(H,32,33)/t24-,27+,33-;21-,24+,28-;19-,27+/m001/s1. The lowest BCUT2D eigenvalue weighted by Gasteiger charge is -2.25. The van der Waals surface area contributed by atoms with Crippen LogP contribution in [0.2, 0.25) is 0 Å². The molecule has 3 saturated carbocycles. The number of aryl methyl sites for hydroxylation is 1. The lowest BCUT2D eigenvalue weighted by atomic mass is 9.92. The Morgan fingerprint density at radius 2 is 0.966 bits per heavy atom. The molecule has 11 aromatic rings. The number of aliphatic hydroxyl groups is 1. The zero-order valence-electron chi connectivity index (χ0n) is 64.1. The highest BCUT2D eigenvalue weighted by Gasteiger charge is 2.66. The van der Waals surface area contributed by atoms with E-state index in [2.05, 4.69) is 23.0 Å². The average Bonchev–Trinajstić information content (AvgIpc) is 1.55. The van der Waals surface area contributed by atoms with E-state index >= 15 is 0 Å². The lowest BCUT2D eigenvalue weighted by molar-refractivity contribution is -0.174. The van der Waals surface area contributed by atoms with E-state index in [1.54, 1.807) is 57.9 Å². The molecule has 5 fully saturated rings. The number of nitrogens with zero attached hydrogens (tertiary/aromatic N) is 6. The highest BCUT2D eigenvalue weighted by Crippen LogP contribution is 2.58. The Bertz CT molecular complexity index is 5580. The number of benzene rings is 7. The first-order chi connectivity index (χ1) is 56.9. The van der Waals surface area contributed by atoms with Gasteiger partial charge in [0, 0.05) is 82.5 Å². The molecule has 0 radical (unpaired) electrons. The molecular weight excluding hydrogens is 1520 g/mol. The Hall–Kier alpha value is -12.8. The van der Waals surface area contributed by atoms with Gasteiger partial charge in [0.25, 0.3) is 0 Å². The van der Waals surface area contributed by atoms with Crippen molar-refractivity contribution in [3.8, 4) is 39.9 Å². The second-order valence-electron chi connectivity index (χ2n) is 30.5. The molecule has 16 rings (SSSR count). The Labute approximate surface area is 674 Å². The molecule has 8 atom stereocenters. The van der Waals surface area contributed by atoms with Gasteiger partial charge in [0.1, 0.15) is 31.3 Å². The number of halogens is 4. The Morgan fingerprint density at radius 3 is 1.47 bits per heavy atom. The van der Waals surface area contributed by atoms with E-state index in [4.69, 9.17) is 40.3 Å². The van der Waals surface area contributed by atoms with Gasteiger partial charge in [-0.1, -0.05) is 128 Å². The minimum absolute atomic E-state index is 0.0487. The topological polar surface area (TPSA) is 360 Å². The predicted molar refractivity (Wildman–Crippen MR) is 424 cm³/mol. The molecule has 118 heavy (non-hydrogen) atoms. The van der Waals surface area contributed by atoms with Crippen LogP contribution in [0.3, 0.4) is 0 Å². The molecule has 7 amide bonds. The van der Waals surface area contributed by atoms with E-state index in [0.717, 1.165) is 89.6 Å². The molecule has 6 heterocycles. The normalized spacial score (nSPS) is 20.8. The van der Waals surface area contributed by atoms with Gasteiger partial charge in [-0.3, -0.25) is 59.2 Å². The fourth-order valence-corrected chi connectivity index (χ4v) is 16.1. The van der Waals surface area contributed by atoms with E-state index < -0.39 is 93.6 Å². The number of aromatic nitrogens is 4. The number of ether oxygens (including phenoxy) is 3. The number of pyridine rings is 4. The van der Waals surface area contributed by atoms with Crippen molar-refractivity contribution in [3.05, 3.63) is 257 Å². The minimum atomic E-state index is -5.02. The van der Waals surface area contributed by atoms with Crippen molar-refractivity contribution in [2.45, 2.75) is 103 Å². The van der Waals surface area contributed by atoms with Crippen molar-refractivity contribution in [3.63, 3.8) is 0 Å². The Kier molecular flexibility index (Phi) is 24.2. The molecule has 0 unspecified atom stereocenters. The van der Waals surface area contributed by atoms with Crippen molar-refractivity contribution in [1.29, 1.82) is 0 Å². The zero-order valence-corrected chi connectivity index (χ0v) is 64.1. The van der Waals surface area contributed by atoms with Gasteiger partial charge in [0.15, 0.2) is 11.6 Å². The molecule has 10 N–H and O–H groups in total. The summed E-state index contributed by atoms with van der Waals surface area (Å²) < 4.78 is 71.2. The molecule has 5 aliphatic rings. The number of primary amides is 1. The van der Waals surface area contributed by atoms with Crippen LogP contribution in [0.15, 0.2) is 212 Å². The number of β-amino-alcohol motifs (C(OH)–C–C–N with tert-alkyl or cyclic N) is 1. The second-order valence-corrected chi connectivity index (χ2v) is 30.5. The summed E-state index contributed by atoms with van der Waals surface area (Å²) in [5, 5.41) is 42.0. The Morgan fingerprint density at radius 1 is 0.508 bits per heavy atom. The maximum Gasteiger partial charge on any atom is 0.471 e. The molecule has 4 aromatic heterocycles. The first-order valence-electron chi connectivity index (χ1n) is 38.6. The van der Waals surface area contributed by atoms with E-state index in [1.807, 2.05) is 163 Å². The van der Waals surface area contributed by atoms with Crippen LogP contribution in [0, 0.1) is 39.8 Å². The molecule has 0 bridgehead atoms. The van der Waals surface area contributed by atoms with Crippen LogP contribution in [0.25, 0.3) is 55.4 Å². The summed E-state index contributed by atoms with van der Waals surface area (Å²) in [6.07, 6.45) is -0.930. The number of carbonyl (C=O) groups excluding carboxylic acids is 7. The molecule has 2 aliphatic heterocycles. The first kappa shape index (κ1) is 81.7. The van der Waals surface area contributed by atoms with Gasteiger partial charge in [-0.05, 0) is 159 Å². The monoisotopic (exact) mass is 1610 g/mol. The van der Waals surface area contributed by atoms with Crippen molar-refractivity contribution in [2.75, 3.05) is 26.2 Å². The third-order valence-corrected chi connectivity index (χ3v) is 22.8. The maximum absolute atomic E-state index is 14.9. The number of hydroxylamine groups is 3. The number of alkyl halides is 3. The summed E-state index contributed by atoms with van der Waals surface area (Å²) >= 11 is 0. The van der Waals surface area contributed by atoms with Crippen molar-refractivity contribution in [1.82, 2.24) is 51.5 Å². The number of hydrogen-bond acceptors (Lipinski definition) is 18. The number of nitrogens with two attached hydrogens (primary N) is 1. The summed E-state index contributed by atoms with van der Waals surface area (Å²) in [7, 11) is 0. The van der Waals surface area contributed by atoms with Gasteiger partial charge in [0.05, 0.1) is 73.7 Å². The number of carbonyl (C=O) groups is 7. The van der Waals surface area contributed by atoms with E-state index in [-0.39, 0.29) is 76.6 Å². The van der Waals surface area contributed by atoms with Gasteiger partial charge in [0.2, 0.25) is 35.4 Å². The second kappa shape index (κ2) is 34.9. The van der Waals surface area contributed by atoms with Crippen LogP contribution in [0.4, 0.5) is 17.6 Å². The van der Waals surface area contributed by atoms with Crippen LogP contribution in [-0.4, -0.2) is 136 Å². The molecule has 7 aromatic carbocycles. The third kappa shape index (κ3) is 18.1. The SMILES string of the molecule is CCc1cc(COc2ccc(C[C@]3(C(=O)N4CC[C@H](O)C4)C[C@@H]3C(=O)NO)cc2)c2ccccc2n1.NC(=O)[C@@]1(Cc2ccc(OCc3cc(-c4ccccn4)nc4ccccc34)c(F)c2)C[C@@H]1C(=O)NO.O=C(NO)[C@H]1C[C@]1(Cc1ccc(OCc2cc(-c3ccccc3)nc3ccccc23)cc1)C(=O)N1CC[C@H](NC(=O)C(F)(F)F)C1. The highest BCUT2D eigenvalue weighted by atomic mass is 19.4. The van der Waals surface area contributed by atoms with E-state index in [9.17, 15) is 61.4 Å². The fraction of sp³-hybridized carbons (Fsp3) is 0.292. The molecular formula is C89H85F4N11O14. The summed E-state index contributed by atoms with van der Waals surface area (Å²) in [6, 6.07) is 63.2. The van der Waals surface area contributed by atoms with Crippen molar-refractivity contribution < 1.29 is 86.1 Å². The van der Waals surface area contributed by atoms with Gasteiger partial charge < -0.3 is 40.2 Å². The smallest absolute Gasteiger partial charge is 0.471 e. The predicted octanol–water partition coefficient (Wildman–Crippen LogP) is 11.4.